The molecule has 1 atom stereocenters. The molecular weight excluding hydrogens is 449 g/mol. The summed E-state index contributed by atoms with van der Waals surface area (Å²) in [5.74, 6) is 1.94. The fraction of sp³-hybridized carbons (Fsp3) is 0.524. The monoisotopic (exact) mass is 481 g/mol. The molecule has 0 radical (unpaired) electrons. The van der Waals surface area contributed by atoms with Crippen molar-refractivity contribution < 1.29 is 0 Å². The molecule has 148 valence electrons. The van der Waals surface area contributed by atoms with E-state index in [0.29, 0.717) is 11.8 Å². The second-order valence-corrected chi connectivity index (χ2v) is 7.52. The molecule has 1 aliphatic rings. The van der Waals surface area contributed by atoms with E-state index in [1.807, 2.05) is 11.7 Å². The lowest BCUT2D eigenvalue weighted by molar-refractivity contribution is 0.470. The van der Waals surface area contributed by atoms with E-state index in [2.05, 4.69) is 73.6 Å². The number of hydrogen-bond acceptors (Lipinski definition) is 2. The maximum absolute atomic E-state index is 4.92. The lowest BCUT2D eigenvalue weighted by Crippen LogP contribution is -2.39. The van der Waals surface area contributed by atoms with Gasteiger partial charge in [0.25, 0.3) is 0 Å². The predicted molar refractivity (Wildman–Crippen MR) is 123 cm³/mol. The molecule has 0 fully saturated rings. The van der Waals surface area contributed by atoms with Crippen molar-refractivity contribution in [3.63, 3.8) is 0 Å². The van der Waals surface area contributed by atoms with Crippen molar-refractivity contribution in [3.8, 4) is 0 Å². The van der Waals surface area contributed by atoms with Gasteiger partial charge in [-0.2, -0.15) is 5.10 Å². The van der Waals surface area contributed by atoms with E-state index in [0.717, 1.165) is 32.0 Å². The van der Waals surface area contributed by atoms with Gasteiger partial charge in [0.05, 0.1) is 5.69 Å². The Morgan fingerprint density at radius 3 is 2.78 bits per heavy atom. The van der Waals surface area contributed by atoms with Crippen LogP contribution in [-0.4, -0.2) is 40.8 Å². The van der Waals surface area contributed by atoms with Crippen molar-refractivity contribution in [1.82, 2.24) is 20.0 Å². The molecule has 6 heteroatoms. The predicted octanol–water partition coefficient (Wildman–Crippen LogP) is 3.90. The van der Waals surface area contributed by atoms with Crippen molar-refractivity contribution in [2.75, 3.05) is 20.1 Å². The third kappa shape index (κ3) is 5.03. The molecule has 5 nitrogen and oxygen atoms in total. The van der Waals surface area contributed by atoms with E-state index in [4.69, 9.17) is 4.99 Å². The van der Waals surface area contributed by atoms with Crippen LogP contribution in [0.1, 0.15) is 55.0 Å². The molecule has 0 saturated carbocycles. The molecule has 1 aliphatic carbocycles. The maximum Gasteiger partial charge on any atom is 0.193 e. The van der Waals surface area contributed by atoms with Crippen molar-refractivity contribution in [3.05, 3.63) is 52.8 Å². The zero-order chi connectivity index (χ0) is 18.7. The van der Waals surface area contributed by atoms with Gasteiger partial charge in [-0.3, -0.25) is 9.67 Å². The van der Waals surface area contributed by atoms with Gasteiger partial charge < -0.3 is 10.2 Å². The molecule has 0 amide bonds. The highest BCUT2D eigenvalue weighted by Crippen LogP contribution is 2.34. The molecule has 27 heavy (non-hydrogen) atoms. The summed E-state index contributed by atoms with van der Waals surface area (Å²) in [6.45, 7) is 9.03. The second kappa shape index (κ2) is 9.57. The van der Waals surface area contributed by atoms with Crippen molar-refractivity contribution in [1.29, 1.82) is 0 Å². The molecular formula is C21H32IN5. The summed E-state index contributed by atoms with van der Waals surface area (Å²) >= 11 is 0. The first kappa shape index (κ1) is 21.7. The quantitative estimate of drug-likeness (QED) is 0.387. The molecule has 1 N–H and O–H groups in total. The molecule has 3 rings (SSSR count). The summed E-state index contributed by atoms with van der Waals surface area (Å²) in [6.07, 6.45) is 3.26. The fourth-order valence-electron chi connectivity index (χ4n) is 3.69. The van der Waals surface area contributed by atoms with E-state index in [1.165, 1.54) is 22.4 Å². The van der Waals surface area contributed by atoms with Crippen LogP contribution in [0.3, 0.4) is 0 Å². The van der Waals surface area contributed by atoms with Gasteiger partial charge in [-0.05, 0) is 30.4 Å². The topological polar surface area (TPSA) is 45.5 Å². The van der Waals surface area contributed by atoms with Crippen LogP contribution in [0, 0.1) is 0 Å². The van der Waals surface area contributed by atoms with Crippen LogP contribution in [0.5, 0.6) is 0 Å². The standard InChI is InChI=1S/C21H31N5.HI/c1-6-22-21(23-12-17-11-16-9-7-8-10-19(16)17)25(4)13-18-14-26(5)24-20(18)15(2)3;/h7-10,14-15,17H,6,11-13H2,1-5H3,(H,22,23);1H. The van der Waals surface area contributed by atoms with Gasteiger partial charge in [0, 0.05) is 51.4 Å². The number of rotatable bonds is 6. The van der Waals surface area contributed by atoms with Crippen LogP contribution in [0.2, 0.25) is 0 Å². The van der Waals surface area contributed by atoms with E-state index in [-0.39, 0.29) is 24.0 Å². The molecule has 0 saturated heterocycles. The van der Waals surface area contributed by atoms with Crippen LogP contribution >= 0.6 is 24.0 Å². The van der Waals surface area contributed by atoms with E-state index in [1.54, 1.807) is 0 Å². The summed E-state index contributed by atoms with van der Waals surface area (Å²) in [6, 6.07) is 8.71. The number of benzene rings is 1. The van der Waals surface area contributed by atoms with Crippen molar-refractivity contribution in [2.24, 2.45) is 12.0 Å². The number of nitrogens with zero attached hydrogens (tertiary/aromatic N) is 4. The number of halogens is 1. The zero-order valence-electron chi connectivity index (χ0n) is 17.1. The van der Waals surface area contributed by atoms with E-state index >= 15 is 0 Å². The highest BCUT2D eigenvalue weighted by Gasteiger charge is 2.25. The summed E-state index contributed by atoms with van der Waals surface area (Å²) in [5.41, 5.74) is 5.37. The summed E-state index contributed by atoms with van der Waals surface area (Å²) < 4.78 is 1.91. The van der Waals surface area contributed by atoms with Gasteiger partial charge in [-0.1, -0.05) is 38.1 Å². The van der Waals surface area contributed by atoms with Gasteiger partial charge in [0.15, 0.2) is 5.96 Å². The summed E-state index contributed by atoms with van der Waals surface area (Å²) in [7, 11) is 4.09. The van der Waals surface area contributed by atoms with Crippen LogP contribution in [-0.2, 0) is 20.0 Å². The Labute approximate surface area is 180 Å². The Kier molecular flexibility index (Phi) is 7.70. The average molecular weight is 481 g/mol. The molecule has 0 aliphatic heterocycles. The number of aromatic nitrogens is 2. The smallest absolute Gasteiger partial charge is 0.193 e. The Bertz CT molecular complexity index is 781. The number of guanidine groups is 1. The first-order chi connectivity index (χ1) is 12.5. The third-order valence-corrected chi connectivity index (χ3v) is 5.01. The van der Waals surface area contributed by atoms with Gasteiger partial charge in [0.2, 0.25) is 0 Å². The van der Waals surface area contributed by atoms with Gasteiger partial charge in [-0.15, -0.1) is 24.0 Å². The third-order valence-electron chi connectivity index (χ3n) is 5.01. The maximum atomic E-state index is 4.92. The molecule has 1 aromatic heterocycles. The number of aliphatic imine (C=N–C) groups is 1. The minimum atomic E-state index is 0. The largest absolute Gasteiger partial charge is 0.357 e. The van der Waals surface area contributed by atoms with Gasteiger partial charge >= 0.3 is 0 Å². The Morgan fingerprint density at radius 1 is 1.37 bits per heavy atom. The van der Waals surface area contributed by atoms with Gasteiger partial charge in [-0.25, -0.2) is 0 Å². The van der Waals surface area contributed by atoms with Gasteiger partial charge in [0.1, 0.15) is 0 Å². The van der Waals surface area contributed by atoms with E-state index < -0.39 is 0 Å². The molecule has 0 spiro atoms. The van der Waals surface area contributed by atoms with Crippen LogP contribution in [0.4, 0.5) is 0 Å². The highest BCUT2D eigenvalue weighted by molar-refractivity contribution is 14.0. The molecule has 2 aromatic rings. The summed E-state index contributed by atoms with van der Waals surface area (Å²) in [5, 5.41) is 8.05. The number of nitrogens with one attached hydrogen (secondary N) is 1. The van der Waals surface area contributed by atoms with Crippen molar-refractivity contribution in [2.45, 2.75) is 45.6 Å². The van der Waals surface area contributed by atoms with Crippen LogP contribution < -0.4 is 5.32 Å². The van der Waals surface area contributed by atoms with Crippen LogP contribution in [0.25, 0.3) is 0 Å². The van der Waals surface area contributed by atoms with Crippen LogP contribution in [0.15, 0.2) is 35.5 Å². The summed E-state index contributed by atoms with van der Waals surface area (Å²) in [4.78, 5) is 7.12. The van der Waals surface area contributed by atoms with E-state index in [9.17, 15) is 0 Å². The number of fused-ring (bicyclic) bond motifs is 1. The first-order valence-electron chi connectivity index (χ1n) is 9.59. The zero-order valence-corrected chi connectivity index (χ0v) is 19.4. The first-order valence-corrected chi connectivity index (χ1v) is 9.59. The molecule has 0 bridgehead atoms. The molecule has 1 unspecified atom stereocenters. The fourth-order valence-corrected chi connectivity index (χ4v) is 3.69. The average Bonchev–Trinajstić information content (AvgIpc) is 2.95. The minimum absolute atomic E-state index is 0. The Morgan fingerprint density at radius 2 is 2.11 bits per heavy atom. The van der Waals surface area contributed by atoms with Crippen molar-refractivity contribution >= 4 is 29.9 Å². The Hall–Kier alpha value is -1.57. The Balaban J connectivity index is 0.00000261. The highest BCUT2D eigenvalue weighted by atomic mass is 127. The molecule has 1 heterocycles. The lowest BCUT2D eigenvalue weighted by Gasteiger charge is -2.29. The molecule has 1 aromatic carbocycles. The minimum Gasteiger partial charge on any atom is -0.357 e. The number of hydrogen-bond donors (Lipinski definition) is 1. The normalized spacial score (nSPS) is 15.8. The SMILES string of the molecule is CCNC(=NCC1Cc2ccccc21)N(C)Cc1cn(C)nc1C(C)C.I. The lowest BCUT2D eigenvalue weighted by atomic mass is 9.78. The second-order valence-electron chi connectivity index (χ2n) is 7.52. The number of aryl methyl sites for hydroxylation is 1.